The maximum atomic E-state index is 6.00. The van der Waals surface area contributed by atoms with Crippen LogP contribution in [-0.4, -0.2) is 9.55 Å². The van der Waals surface area contributed by atoms with Crippen LogP contribution in [0.3, 0.4) is 0 Å². The standard InChI is InChI=1S/C15H16N4.HI/c1-2-9-18-10-8-14(17-15(18)16)19-11-7-12-5-3-4-6-13(12)19;/h3-8,10-11,16H,2,9H2,1H3;1H. The van der Waals surface area contributed by atoms with Crippen LogP contribution < -0.4 is 34.3 Å². The number of anilines is 1. The van der Waals surface area contributed by atoms with Gasteiger partial charge in [0.2, 0.25) is 5.82 Å². The first-order valence-electron chi connectivity index (χ1n) is 6.52. The lowest BCUT2D eigenvalue weighted by atomic mass is 10.2. The summed E-state index contributed by atoms with van der Waals surface area (Å²) in [6.45, 7) is 3.02. The fourth-order valence-corrected chi connectivity index (χ4v) is 2.30. The van der Waals surface area contributed by atoms with E-state index in [1.165, 1.54) is 5.39 Å². The Morgan fingerprint density at radius 1 is 1.20 bits per heavy atom. The molecule has 0 saturated carbocycles. The molecule has 2 aromatic heterocycles. The maximum absolute atomic E-state index is 6.00. The lowest BCUT2D eigenvalue weighted by Crippen LogP contribution is -3.00. The third kappa shape index (κ3) is 2.63. The summed E-state index contributed by atoms with van der Waals surface area (Å²) < 4.78 is 4.02. The second kappa shape index (κ2) is 6.21. The van der Waals surface area contributed by atoms with Crippen LogP contribution in [0.15, 0.2) is 48.8 Å². The zero-order valence-corrected chi connectivity index (χ0v) is 13.5. The predicted molar refractivity (Wildman–Crippen MR) is 76.0 cm³/mol. The number of nitrogen functional groups attached to an aromatic ring is 1. The number of hydrogen-bond acceptors (Lipinski definition) is 2. The summed E-state index contributed by atoms with van der Waals surface area (Å²) in [7, 11) is 0. The van der Waals surface area contributed by atoms with Gasteiger partial charge in [0.15, 0.2) is 0 Å². The summed E-state index contributed by atoms with van der Waals surface area (Å²) in [4.78, 5) is 4.49. The van der Waals surface area contributed by atoms with E-state index < -0.39 is 0 Å². The van der Waals surface area contributed by atoms with E-state index in [1.807, 2.05) is 35.2 Å². The van der Waals surface area contributed by atoms with Gasteiger partial charge in [0.25, 0.3) is 0 Å². The van der Waals surface area contributed by atoms with Gasteiger partial charge in [0.1, 0.15) is 0 Å². The first-order valence-corrected chi connectivity index (χ1v) is 6.52. The summed E-state index contributed by atoms with van der Waals surface area (Å²) in [5.41, 5.74) is 7.14. The highest BCUT2D eigenvalue weighted by Crippen LogP contribution is 2.18. The van der Waals surface area contributed by atoms with Gasteiger partial charge in [0.05, 0.1) is 18.3 Å². The van der Waals surface area contributed by atoms with Crippen molar-refractivity contribution in [2.45, 2.75) is 19.9 Å². The summed E-state index contributed by atoms with van der Waals surface area (Å²) in [5.74, 6) is 1.41. The highest BCUT2D eigenvalue weighted by Gasteiger charge is 2.11. The number of hydrogen-bond donors (Lipinski definition) is 1. The molecule has 0 atom stereocenters. The normalized spacial score (nSPS) is 10.4. The lowest BCUT2D eigenvalue weighted by molar-refractivity contribution is -0.685. The Balaban J connectivity index is 0.00000147. The van der Waals surface area contributed by atoms with Gasteiger partial charge in [0, 0.05) is 17.6 Å². The Labute approximate surface area is 135 Å². The number of nitrogens with zero attached hydrogens (tertiary/aromatic N) is 3. The molecular formula is C15H17IN4. The smallest absolute Gasteiger partial charge is 0.391 e. The summed E-state index contributed by atoms with van der Waals surface area (Å²) in [5, 5.41) is 1.20. The molecule has 2 heterocycles. The molecule has 0 fully saturated rings. The maximum Gasteiger partial charge on any atom is 0.391 e. The molecule has 2 N–H and O–H groups in total. The number of fused-ring (bicyclic) bond motifs is 1. The van der Waals surface area contributed by atoms with E-state index in [4.69, 9.17) is 5.73 Å². The average molecular weight is 380 g/mol. The van der Waals surface area contributed by atoms with Gasteiger partial charge in [-0.25, -0.2) is 4.57 Å². The molecule has 0 aliphatic rings. The molecule has 0 bridgehead atoms. The van der Waals surface area contributed by atoms with Gasteiger partial charge in [-0.3, -0.25) is 10.3 Å². The van der Waals surface area contributed by atoms with Crippen molar-refractivity contribution in [3.8, 4) is 5.82 Å². The molecular weight excluding hydrogens is 363 g/mol. The molecule has 0 radical (unpaired) electrons. The number of benzene rings is 1. The monoisotopic (exact) mass is 380 g/mol. The van der Waals surface area contributed by atoms with Crippen LogP contribution in [0.4, 0.5) is 5.95 Å². The zero-order valence-electron chi connectivity index (χ0n) is 11.3. The Bertz CT molecular complexity index is 721. The molecule has 3 aromatic rings. The van der Waals surface area contributed by atoms with Crippen LogP contribution in [0.5, 0.6) is 0 Å². The van der Waals surface area contributed by atoms with Crippen molar-refractivity contribution in [1.29, 1.82) is 0 Å². The van der Waals surface area contributed by atoms with Crippen LogP contribution in [0.25, 0.3) is 16.7 Å². The van der Waals surface area contributed by atoms with Crippen molar-refractivity contribution in [2.24, 2.45) is 0 Å². The Morgan fingerprint density at radius 3 is 2.75 bits per heavy atom. The fourth-order valence-electron chi connectivity index (χ4n) is 2.30. The molecule has 0 saturated heterocycles. The van der Waals surface area contributed by atoms with Gasteiger partial charge in [-0.2, -0.15) is 0 Å². The summed E-state index contributed by atoms with van der Waals surface area (Å²) >= 11 is 0. The lowest BCUT2D eigenvalue weighted by Gasteiger charge is -2.04. The van der Waals surface area contributed by atoms with Gasteiger partial charge < -0.3 is 24.0 Å². The minimum Gasteiger partial charge on any atom is -1.00 e. The van der Waals surface area contributed by atoms with Gasteiger partial charge in [-0.1, -0.05) is 30.1 Å². The molecule has 1 aromatic carbocycles. The highest BCUT2D eigenvalue weighted by molar-refractivity contribution is 5.81. The Kier molecular flexibility index (Phi) is 4.59. The molecule has 5 heteroatoms. The van der Waals surface area contributed by atoms with E-state index in [2.05, 4.69) is 34.7 Å². The predicted octanol–water partition coefficient (Wildman–Crippen LogP) is -0.691. The number of aryl methyl sites for hydroxylation is 1. The average Bonchev–Trinajstić information content (AvgIpc) is 2.85. The molecule has 0 aliphatic heterocycles. The van der Waals surface area contributed by atoms with Crippen molar-refractivity contribution in [3.05, 3.63) is 48.8 Å². The van der Waals surface area contributed by atoms with Crippen LogP contribution >= 0.6 is 0 Å². The quantitative estimate of drug-likeness (QED) is 0.483. The van der Waals surface area contributed by atoms with E-state index in [0.717, 1.165) is 24.3 Å². The van der Waals surface area contributed by atoms with Crippen molar-refractivity contribution in [1.82, 2.24) is 9.55 Å². The first kappa shape index (κ1) is 14.8. The molecule has 0 aliphatic carbocycles. The minimum absolute atomic E-state index is 0. The molecule has 0 spiro atoms. The number of aromatic nitrogens is 3. The van der Waals surface area contributed by atoms with Crippen LogP contribution in [0.1, 0.15) is 13.3 Å². The Morgan fingerprint density at radius 2 is 2.00 bits per heavy atom. The third-order valence-corrected chi connectivity index (χ3v) is 3.24. The van der Waals surface area contributed by atoms with Crippen molar-refractivity contribution in [3.63, 3.8) is 0 Å². The third-order valence-electron chi connectivity index (χ3n) is 3.24. The minimum atomic E-state index is 0. The SMILES string of the molecule is CCC[n+]1ccc(-n2ccc3ccccc32)nc1N.[I-]. The second-order valence-electron chi connectivity index (χ2n) is 4.58. The molecule has 0 unspecified atom stereocenters. The van der Waals surface area contributed by atoms with Crippen molar-refractivity contribution >= 4 is 16.9 Å². The first-order chi connectivity index (χ1) is 9.29. The van der Waals surface area contributed by atoms with Crippen LogP contribution in [0.2, 0.25) is 0 Å². The Hall–Kier alpha value is -1.63. The van der Waals surface area contributed by atoms with Crippen molar-refractivity contribution in [2.75, 3.05) is 5.73 Å². The van der Waals surface area contributed by atoms with Gasteiger partial charge in [-0.05, 0) is 18.6 Å². The topological polar surface area (TPSA) is 47.7 Å². The number of para-hydroxylation sites is 1. The summed E-state index contributed by atoms with van der Waals surface area (Å²) in [6.07, 6.45) is 5.06. The van der Waals surface area contributed by atoms with Crippen molar-refractivity contribution < 1.29 is 28.5 Å². The zero-order chi connectivity index (χ0) is 13.2. The van der Waals surface area contributed by atoms with Crippen LogP contribution in [-0.2, 0) is 6.54 Å². The van der Waals surface area contributed by atoms with E-state index in [-0.39, 0.29) is 24.0 Å². The van der Waals surface area contributed by atoms with E-state index >= 15 is 0 Å². The van der Waals surface area contributed by atoms with Gasteiger partial charge >= 0.3 is 5.95 Å². The van der Waals surface area contributed by atoms with E-state index in [0.29, 0.717) is 5.95 Å². The fraction of sp³-hybridized carbons (Fsp3) is 0.200. The highest BCUT2D eigenvalue weighted by atomic mass is 127. The van der Waals surface area contributed by atoms with E-state index in [9.17, 15) is 0 Å². The number of halogens is 1. The number of rotatable bonds is 3. The van der Waals surface area contributed by atoms with Crippen LogP contribution in [0, 0.1) is 0 Å². The largest absolute Gasteiger partial charge is 1.00 e. The van der Waals surface area contributed by atoms with E-state index in [1.54, 1.807) is 0 Å². The second-order valence-corrected chi connectivity index (χ2v) is 4.58. The molecule has 4 nitrogen and oxygen atoms in total. The number of nitrogens with two attached hydrogens (primary N) is 1. The van der Waals surface area contributed by atoms with Gasteiger partial charge in [-0.15, -0.1) is 0 Å². The molecule has 104 valence electrons. The molecule has 0 amide bonds. The molecule has 20 heavy (non-hydrogen) atoms. The molecule has 3 rings (SSSR count). The summed E-state index contributed by atoms with van der Waals surface area (Å²) in [6, 6.07) is 12.3.